The van der Waals surface area contributed by atoms with Gasteiger partial charge in [0, 0.05) is 42.6 Å². The van der Waals surface area contributed by atoms with Crippen molar-refractivity contribution in [2.24, 2.45) is 10.9 Å². The highest BCUT2D eigenvalue weighted by molar-refractivity contribution is 6.30. The number of likely N-dealkylation sites (tertiary alicyclic amines) is 1. The Morgan fingerprint density at radius 3 is 2.92 bits per heavy atom. The summed E-state index contributed by atoms with van der Waals surface area (Å²) >= 11 is 6.18. The molecule has 1 heterocycles. The Morgan fingerprint density at radius 2 is 2.24 bits per heavy atom. The Balaban J connectivity index is 1.65. The molecule has 1 N–H and O–H groups in total. The minimum atomic E-state index is 0.190. The van der Waals surface area contributed by atoms with Crippen molar-refractivity contribution in [1.82, 2.24) is 10.2 Å². The molecule has 1 aliphatic carbocycles. The van der Waals surface area contributed by atoms with E-state index in [2.05, 4.69) is 36.2 Å². The first-order chi connectivity index (χ1) is 12.2. The number of guanidine groups is 1. The smallest absolute Gasteiger partial charge is 0.193 e. The van der Waals surface area contributed by atoms with Gasteiger partial charge < -0.3 is 15.0 Å². The fourth-order valence-electron chi connectivity index (χ4n) is 3.60. The number of hydrogen-bond acceptors (Lipinski definition) is 2. The molecule has 4 nitrogen and oxygen atoms in total. The average molecular weight is 364 g/mol. The summed E-state index contributed by atoms with van der Waals surface area (Å²) in [7, 11) is 0. The predicted octanol–water partition coefficient (Wildman–Crippen LogP) is 3.70. The van der Waals surface area contributed by atoms with E-state index in [0.29, 0.717) is 5.92 Å². The fourth-order valence-corrected chi connectivity index (χ4v) is 3.80. The van der Waals surface area contributed by atoms with Crippen LogP contribution in [0.15, 0.2) is 29.3 Å². The Hall–Kier alpha value is -1.26. The Morgan fingerprint density at radius 1 is 1.40 bits per heavy atom. The van der Waals surface area contributed by atoms with Crippen molar-refractivity contribution >= 4 is 17.6 Å². The molecule has 1 saturated heterocycles. The number of nitrogens with one attached hydrogen (secondary N) is 1. The summed E-state index contributed by atoms with van der Waals surface area (Å²) in [6, 6.07) is 8.28. The van der Waals surface area contributed by atoms with Crippen molar-refractivity contribution in [1.29, 1.82) is 0 Å². The zero-order chi connectivity index (χ0) is 17.7. The highest BCUT2D eigenvalue weighted by atomic mass is 35.5. The Labute approximate surface area is 156 Å². The molecule has 1 atom stereocenters. The molecule has 0 radical (unpaired) electrons. The van der Waals surface area contributed by atoms with Crippen molar-refractivity contribution in [2.75, 3.05) is 39.4 Å². The second kappa shape index (κ2) is 8.41. The van der Waals surface area contributed by atoms with E-state index in [1.54, 1.807) is 0 Å². The lowest BCUT2D eigenvalue weighted by atomic mass is 9.96. The van der Waals surface area contributed by atoms with E-state index in [9.17, 15) is 0 Å². The molecule has 0 spiro atoms. The van der Waals surface area contributed by atoms with Crippen molar-refractivity contribution in [2.45, 2.75) is 38.5 Å². The van der Waals surface area contributed by atoms with Crippen molar-refractivity contribution in [3.63, 3.8) is 0 Å². The molecule has 1 saturated carbocycles. The quantitative estimate of drug-likeness (QED) is 0.593. The third kappa shape index (κ3) is 4.68. The monoisotopic (exact) mass is 363 g/mol. The lowest BCUT2D eigenvalue weighted by Crippen LogP contribution is -2.40. The maximum atomic E-state index is 6.18. The van der Waals surface area contributed by atoms with Gasteiger partial charge in [0.05, 0.1) is 13.2 Å². The molecule has 1 unspecified atom stereocenters. The van der Waals surface area contributed by atoms with Crippen molar-refractivity contribution in [3.8, 4) is 0 Å². The SMILES string of the molecule is CCNC(=NCC1(c2cccc(Cl)c2)CC1)N1CCC(COCC)C1. The van der Waals surface area contributed by atoms with Crippen LogP contribution in [0.4, 0.5) is 0 Å². The number of benzene rings is 1. The van der Waals surface area contributed by atoms with E-state index in [1.807, 2.05) is 12.1 Å². The zero-order valence-electron chi connectivity index (χ0n) is 15.4. The number of rotatable bonds is 7. The second-order valence-electron chi connectivity index (χ2n) is 7.22. The molecule has 25 heavy (non-hydrogen) atoms. The van der Waals surface area contributed by atoms with Gasteiger partial charge in [0.2, 0.25) is 0 Å². The van der Waals surface area contributed by atoms with Crippen LogP contribution in [0, 0.1) is 5.92 Å². The molecule has 0 aromatic heterocycles. The largest absolute Gasteiger partial charge is 0.381 e. The van der Waals surface area contributed by atoms with Crippen molar-refractivity contribution in [3.05, 3.63) is 34.9 Å². The molecule has 5 heteroatoms. The summed E-state index contributed by atoms with van der Waals surface area (Å²) in [5.74, 6) is 1.67. The maximum absolute atomic E-state index is 6.18. The lowest BCUT2D eigenvalue weighted by molar-refractivity contribution is 0.114. The van der Waals surface area contributed by atoms with Gasteiger partial charge in [-0.3, -0.25) is 4.99 Å². The van der Waals surface area contributed by atoms with Gasteiger partial charge in [-0.1, -0.05) is 23.7 Å². The second-order valence-corrected chi connectivity index (χ2v) is 7.66. The summed E-state index contributed by atoms with van der Waals surface area (Å²) < 4.78 is 5.60. The topological polar surface area (TPSA) is 36.9 Å². The minimum Gasteiger partial charge on any atom is -0.381 e. The van der Waals surface area contributed by atoms with Gasteiger partial charge in [0.15, 0.2) is 5.96 Å². The van der Waals surface area contributed by atoms with E-state index in [-0.39, 0.29) is 5.41 Å². The van der Waals surface area contributed by atoms with Crippen LogP contribution in [0.1, 0.15) is 38.7 Å². The highest BCUT2D eigenvalue weighted by Gasteiger charge is 2.44. The van der Waals surface area contributed by atoms with Gasteiger partial charge in [-0.05, 0) is 50.8 Å². The van der Waals surface area contributed by atoms with Crippen LogP contribution in [0.2, 0.25) is 5.02 Å². The summed E-state index contributed by atoms with van der Waals surface area (Å²) in [4.78, 5) is 7.39. The van der Waals surface area contributed by atoms with Gasteiger partial charge in [-0.25, -0.2) is 0 Å². The summed E-state index contributed by atoms with van der Waals surface area (Å²) in [5.41, 5.74) is 1.52. The van der Waals surface area contributed by atoms with Crippen LogP contribution in [-0.2, 0) is 10.2 Å². The third-order valence-electron chi connectivity index (χ3n) is 5.30. The van der Waals surface area contributed by atoms with Gasteiger partial charge >= 0.3 is 0 Å². The highest BCUT2D eigenvalue weighted by Crippen LogP contribution is 2.48. The van der Waals surface area contributed by atoms with E-state index >= 15 is 0 Å². The van der Waals surface area contributed by atoms with E-state index in [4.69, 9.17) is 21.3 Å². The number of aliphatic imine (C=N–C) groups is 1. The first kappa shape index (κ1) is 18.5. The van der Waals surface area contributed by atoms with Crippen LogP contribution < -0.4 is 5.32 Å². The number of nitrogens with zero attached hydrogens (tertiary/aromatic N) is 2. The molecule has 0 amide bonds. The molecule has 2 fully saturated rings. The molecular weight excluding hydrogens is 334 g/mol. The van der Waals surface area contributed by atoms with Crippen LogP contribution in [0.5, 0.6) is 0 Å². The number of hydrogen-bond donors (Lipinski definition) is 1. The standard InChI is InChI=1S/C20H30ClN3O/c1-3-22-19(24-11-8-16(13-24)14-25-4-2)23-15-20(9-10-20)17-6-5-7-18(21)12-17/h5-7,12,16H,3-4,8-11,13-15H2,1-2H3,(H,22,23). The maximum Gasteiger partial charge on any atom is 0.193 e. The van der Waals surface area contributed by atoms with Crippen LogP contribution in [0.3, 0.4) is 0 Å². The van der Waals surface area contributed by atoms with E-state index < -0.39 is 0 Å². The van der Waals surface area contributed by atoms with Crippen LogP contribution in [0.25, 0.3) is 0 Å². The minimum absolute atomic E-state index is 0.190. The Bertz CT molecular complexity index is 600. The summed E-state index contributed by atoms with van der Waals surface area (Å²) in [6.45, 7) is 9.68. The lowest BCUT2D eigenvalue weighted by Gasteiger charge is -2.23. The van der Waals surface area contributed by atoms with Crippen molar-refractivity contribution < 1.29 is 4.74 Å². The Kier molecular flexibility index (Phi) is 6.24. The first-order valence-corrected chi connectivity index (χ1v) is 9.91. The zero-order valence-corrected chi connectivity index (χ0v) is 16.2. The molecule has 0 bridgehead atoms. The van der Waals surface area contributed by atoms with Gasteiger partial charge in [0.25, 0.3) is 0 Å². The first-order valence-electron chi connectivity index (χ1n) is 9.54. The van der Waals surface area contributed by atoms with E-state index in [0.717, 1.165) is 50.4 Å². The van der Waals surface area contributed by atoms with Crippen LogP contribution in [-0.4, -0.2) is 50.3 Å². The third-order valence-corrected chi connectivity index (χ3v) is 5.54. The molecule has 138 valence electrons. The molecule has 3 rings (SSSR count). The number of halogens is 1. The average Bonchev–Trinajstić information content (AvgIpc) is 3.27. The van der Waals surface area contributed by atoms with Gasteiger partial charge in [-0.15, -0.1) is 0 Å². The number of ether oxygens (including phenoxy) is 1. The summed E-state index contributed by atoms with van der Waals surface area (Å²) in [6.07, 6.45) is 3.58. The van der Waals surface area contributed by atoms with Crippen LogP contribution >= 0.6 is 11.6 Å². The van der Waals surface area contributed by atoms with E-state index in [1.165, 1.54) is 24.8 Å². The molecule has 2 aliphatic rings. The molecule has 1 aliphatic heterocycles. The van der Waals surface area contributed by atoms with Gasteiger partial charge in [-0.2, -0.15) is 0 Å². The normalized spacial score (nSPS) is 22.3. The molecule has 1 aromatic rings. The fraction of sp³-hybridized carbons (Fsp3) is 0.650. The summed E-state index contributed by atoms with van der Waals surface area (Å²) in [5, 5.41) is 4.29. The molecular formula is C20H30ClN3O. The molecule has 1 aromatic carbocycles. The predicted molar refractivity (Wildman–Crippen MR) is 105 cm³/mol. The van der Waals surface area contributed by atoms with Gasteiger partial charge in [0.1, 0.15) is 0 Å².